The molecule has 0 radical (unpaired) electrons. The molecule has 0 aromatic rings. The van der Waals surface area contributed by atoms with Crippen LogP contribution in [0.5, 0.6) is 0 Å². The van der Waals surface area contributed by atoms with Crippen molar-refractivity contribution < 1.29 is 19.5 Å². The molecule has 0 aromatic carbocycles. The highest BCUT2D eigenvalue weighted by atomic mass is 16.4. The van der Waals surface area contributed by atoms with E-state index < -0.39 is 23.7 Å². The zero-order valence-corrected chi connectivity index (χ0v) is 10.1. The Labute approximate surface area is 104 Å². The monoisotopic (exact) mass is 252 g/mol. The Kier molecular flexibility index (Phi) is 3.11. The second-order valence-electron chi connectivity index (χ2n) is 5.00. The number of carbonyl (C=O) groups excluding carboxylic acids is 2. The van der Waals surface area contributed by atoms with E-state index >= 15 is 0 Å². The van der Waals surface area contributed by atoms with Crippen molar-refractivity contribution in [2.24, 2.45) is 29.4 Å². The molecule has 0 saturated heterocycles. The summed E-state index contributed by atoms with van der Waals surface area (Å²) in [6.07, 6.45) is 4.49. The van der Waals surface area contributed by atoms with Gasteiger partial charge in [0.15, 0.2) is 0 Å². The molecule has 2 rings (SSSR count). The van der Waals surface area contributed by atoms with E-state index in [1.807, 2.05) is 12.2 Å². The van der Waals surface area contributed by atoms with Gasteiger partial charge < -0.3 is 15.7 Å². The molecule has 2 unspecified atom stereocenters. The first-order chi connectivity index (χ1) is 8.41. The number of nitrogens with zero attached hydrogens (tertiary/aromatic N) is 1. The van der Waals surface area contributed by atoms with Gasteiger partial charge in [-0.25, -0.2) is 0 Å². The predicted molar refractivity (Wildman–Crippen MR) is 62.2 cm³/mol. The fourth-order valence-electron chi connectivity index (χ4n) is 3.06. The van der Waals surface area contributed by atoms with Crippen LogP contribution in [-0.4, -0.2) is 41.4 Å². The maximum Gasteiger partial charge on any atom is 0.307 e. The molecule has 3 N–H and O–H groups in total. The average Bonchev–Trinajstić information content (AvgIpc) is 2.85. The number of aliphatic carboxylic acids is 1. The highest BCUT2D eigenvalue weighted by molar-refractivity contribution is 5.89. The van der Waals surface area contributed by atoms with Gasteiger partial charge in [-0.15, -0.1) is 0 Å². The molecule has 1 fully saturated rings. The van der Waals surface area contributed by atoms with Crippen LogP contribution < -0.4 is 5.73 Å². The topological polar surface area (TPSA) is 101 Å². The van der Waals surface area contributed by atoms with Crippen molar-refractivity contribution in [1.82, 2.24) is 4.90 Å². The van der Waals surface area contributed by atoms with Crippen LogP contribution in [0.2, 0.25) is 0 Å². The number of carbonyl (C=O) groups is 3. The van der Waals surface area contributed by atoms with Crippen molar-refractivity contribution in [3.63, 3.8) is 0 Å². The number of rotatable bonds is 4. The molecule has 0 heterocycles. The minimum absolute atomic E-state index is 0.0288. The Morgan fingerprint density at radius 2 is 1.83 bits per heavy atom. The van der Waals surface area contributed by atoms with Gasteiger partial charge in [0.2, 0.25) is 11.8 Å². The first-order valence-corrected chi connectivity index (χ1v) is 5.86. The largest absolute Gasteiger partial charge is 0.481 e. The molecule has 0 spiro atoms. The number of hydrogen-bond donors (Lipinski definition) is 2. The number of hydrogen-bond acceptors (Lipinski definition) is 3. The van der Waals surface area contributed by atoms with Gasteiger partial charge in [-0.05, 0) is 18.3 Å². The lowest BCUT2D eigenvalue weighted by Gasteiger charge is -2.27. The van der Waals surface area contributed by atoms with Crippen molar-refractivity contribution in [2.45, 2.75) is 6.42 Å². The Morgan fingerprint density at radius 3 is 2.33 bits per heavy atom. The van der Waals surface area contributed by atoms with Crippen molar-refractivity contribution in [3.8, 4) is 0 Å². The molecule has 1 saturated carbocycles. The summed E-state index contributed by atoms with van der Waals surface area (Å²) < 4.78 is 0. The second kappa shape index (κ2) is 4.44. The van der Waals surface area contributed by atoms with Crippen molar-refractivity contribution in [2.75, 3.05) is 13.6 Å². The van der Waals surface area contributed by atoms with Crippen molar-refractivity contribution in [3.05, 3.63) is 12.2 Å². The van der Waals surface area contributed by atoms with Crippen molar-refractivity contribution >= 4 is 17.8 Å². The van der Waals surface area contributed by atoms with Crippen LogP contribution in [0.25, 0.3) is 0 Å². The highest BCUT2D eigenvalue weighted by Crippen LogP contribution is 2.48. The van der Waals surface area contributed by atoms with E-state index in [0.717, 1.165) is 0 Å². The van der Waals surface area contributed by atoms with Gasteiger partial charge in [-0.2, -0.15) is 0 Å². The van der Waals surface area contributed by atoms with Gasteiger partial charge in [0.25, 0.3) is 0 Å². The first-order valence-electron chi connectivity index (χ1n) is 5.86. The molecule has 4 atom stereocenters. The molecule has 98 valence electrons. The maximum absolute atomic E-state index is 12.2. The van der Waals surface area contributed by atoms with E-state index in [1.54, 1.807) is 0 Å². The zero-order chi connectivity index (χ0) is 13.4. The fraction of sp³-hybridized carbons (Fsp3) is 0.583. The molecular weight excluding hydrogens is 236 g/mol. The van der Waals surface area contributed by atoms with Crippen LogP contribution >= 0.6 is 0 Å². The average molecular weight is 252 g/mol. The van der Waals surface area contributed by atoms with E-state index in [-0.39, 0.29) is 24.3 Å². The summed E-state index contributed by atoms with van der Waals surface area (Å²) in [4.78, 5) is 35.5. The summed E-state index contributed by atoms with van der Waals surface area (Å²) in [7, 11) is 1.47. The molecule has 6 heteroatoms. The summed E-state index contributed by atoms with van der Waals surface area (Å²) in [5.41, 5.74) is 5.04. The third-order valence-corrected chi connectivity index (χ3v) is 3.80. The number of amides is 2. The lowest BCUT2D eigenvalue weighted by molar-refractivity contribution is -0.150. The second-order valence-corrected chi connectivity index (χ2v) is 5.00. The van der Waals surface area contributed by atoms with E-state index in [4.69, 9.17) is 5.73 Å². The maximum atomic E-state index is 12.2. The van der Waals surface area contributed by atoms with Crippen molar-refractivity contribution in [1.29, 1.82) is 0 Å². The molecule has 6 nitrogen and oxygen atoms in total. The van der Waals surface area contributed by atoms with Gasteiger partial charge in [0, 0.05) is 7.05 Å². The normalized spacial score (nSPS) is 32.5. The first kappa shape index (κ1) is 12.6. The van der Waals surface area contributed by atoms with Crippen LogP contribution in [0.3, 0.4) is 0 Å². The molecule has 2 aliphatic carbocycles. The number of nitrogens with two attached hydrogens (primary N) is 1. The SMILES string of the molecule is CN(CC(N)=O)C(=O)[C@H]1C2C=CC(C2)[C@H]1C(=O)O. The van der Waals surface area contributed by atoms with E-state index in [1.165, 1.54) is 11.9 Å². The quantitative estimate of drug-likeness (QED) is 0.656. The molecule has 2 amide bonds. The standard InChI is InChI=1S/C12H16N2O4/c1-14(5-8(13)15)11(16)9-6-2-3-7(4-6)10(9)12(17)18/h2-3,6-7,9-10H,4-5H2,1H3,(H2,13,15)(H,17,18)/t6?,7?,9-,10+/m0/s1. The number of allylic oxidation sites excluding steroid dienone is 2. The summed E-state index contributed by atoms with van der Waals surface area (Å²) in [6.45, 7) is -0.178. The molecule has 0 aromatic heterocycles. The molecule has 18 heavy (non-hydrogen) atoms. The molecule has 2 bridgehead atoms. The highest BCUT2D eigenvalue weighted by Gasteiger charge is 2.52. The van der Waals surface area contributed by atoms with Crippen LogP contribution in [0.1, 0.15) is 6.42 Å². The van der Waals surface area contributed by atoms with E-state index in [2.05, 4.69) is 0 Å². The van der Waals surface area contributed by atoms with Gasteiger partial charge >= 0.3 is 5.97 Å². The minimum atomic E-state index is -0.947. The molecular formula is C12H16N2O4. The van der Waals surface area contributed by atoms with Crippen LogP contribution in [0.4, 0.5) is 0 Å². The number of fused-ring (bicyclic) bond motifs is 2. The lowest BCUT2D eigenvalue weighted by atomic mass is 9.82. The lowest BCUT2D eigenvalue weighted by Crippen LogP contribution is -2.44. The third-order valence-electron chi connectivity index (χ3n) is 3.80. The van der Waals surface area contributed by atoms with Crippen LogP contribution in [0.15, 0.2) is 12.2 Å². The Morgan fingerprint density at radius 1 is 1.28 bits per heavy atom. The Bertz CT molecular complexity index is 432. The van der Waals surface area contributed by atoms with Gasteiger partial charge in [-0.1, -0.05) is 12.2 Å². The summed E-state index contributed by atoms with van der Waals surface area (Å²) in [6, 6.07) is 0. The van der Waals surface area contributed by atoms with Gasteiger partial charge in [0.05, 0.1) is 18.4 Å². The summed E-state index contributed by atoms with van der Waals surface area (Å²) >= 11 is 0. The van der Waals surface area contributed by atoms with Crippen LogP contribution in [-0.2, 0) is 14.4 Å². The number of carboxylic acid groups (broad SMARTS) is 1. The minimum Gasteiger partial charge on any atom is -0.481 e. The number of primary amides is 1. The smallest absolute Gasteiger partial charge is 0.307 e. The molecule has 0 aliphatic heterocycles. The third kappa shape index (κ3) is 1.98. The van der Waals surface area contributed by atoms with Crippen LogP contribution in [0, 0.1) is 23.7 Å². The Balaban J connectivity index is 2.16. The zero-order valence-electron chi connectivity index (χ0n) is 10.1. The van der Waals surface area contributed by atoms with E-state index in [0.29, 0.717) is 6.42 Å². The summed E-state index contributed by atoms with van der Waals surface area (Å²) in [5, 5.41) is 9.22. The van der Waals surface area contributed by atoms with Gasteiger partial charge in [-0.3, -0.25) is 14.4 Å². The summed E-state index contributed by atoms with van der Waals surface area (Å²) in [5.74, 6) is -3.20. The van der Waals surface area contributed by atoms with E-state index in [9.17, 15) is 19.5 Å². The number of likely N-dealkylation sites (N-methyl/N-ethyl adjacent to an activating group) is 1. The molecule has 2 aliphatic rings. The van der Waals surface area contributed by atoms with Gasteiger partial charge in [0.1, 0.15) is 0 Å². The Hall–Kier alpha value is -1.85. The predicted octanol–water partition coefficient (Wildman–Crippen LogP) is -0.547. The number of carboxylic acids is 1. The fourth-order valence-corrected chi connectivity index (χ4v) is 3.06.